The molecule has 2 heterocycles. The molecule has 0 unspecified atom stereocenters. The Balaban J connectivity index is 1.64. The van der Waals surface area contributed by atoms with Crippen LogP contribution in [0.2, 0.25) is 5.02 Å². The number of benzene rings is 2. The molecule has 0 aliphatic rings. The van der Waals surface area contributed by atoms with Crippen molar-refractivity contribution in [2.24, 2.45) is 7.05 Å². The maximum atomic E-state index is 6.12. The molecule has 0 spiro atoms. The van der Waals surface area contributed by atoms with Gasteiger partial charge in [0.1, 0.15) is 12.4 Å². The predicted octanol–water partition coefficient (Wildman–Crippen LogP) is 5.47. The Kier molecular flexibility index (Phi) is 4.16. The lowest BCUT2D eigenvalue weighted by Gasteiger charge is -2.09. The van der Waals surface area contributed by atoms with Gasteiger partial charge in [-0.25, -0.2) is 0 Å². The number of nitrogens with zero attached hydrogens (tertiary/aromatic N) is 2. The van der Waals surface area contributed by atoms with Crippen molar-refractivity contribution in [3.8, 4) is 17.0 Å². The highest BCUT2D eigenvalue weighted by molar-refractivity contribution is 6.31. The third kappa shape index (κ3) is 3.24. The van der Waals surface area contributed by atoms with E-state index in [0.29, 0.717) is 6.61 Å². The fourth-order valence-electron chi connectivity index (χ4n) is 2.96. The van der Waals surface area contributed by atoms with Crippen LogP contribution in [-0.4, -0.2) is 9.55 Å². The molecule has 124 valence electrons. The van der Waals surface area contributed by atoms with E-state index in [1.165, 1.54) is 0 Å². The Morgan fingerprint density at radius 1 is 1.00 bits per heavy atom. The molecule has 4 heteroatoms. The van der Waals surface area contributed by atoms with Gasteiger partial charge in [0.25, 0.3) is 0 Å². The molecule has 0 aliphatic carbocycles. The maximum Gasteiger partial charge on any atom is 0.138 e. The lowest BCUT2D eigenvalue weighted by molar-refractivity contribution is 0.305. The second-order valence-corrected chi connectivity index (χ2v) is 6.41. The molecule has 0 N–H and O–H groups in total. The minimum Gasteiger partial charge on any atom is -0.487 e. The van der Waals surface area contributed by atoms with Crippen molar-refractivity contribution < 1.29 is 4.74 Å². The summed E-state index contributed by atoms with van der Waals surface area (Å²) in [4.78, 5) is 4.34. The Bertz CT molecular complexity index is 1020. The first-order valence-electron chi connectivity index (χ1n) is 8.08. The molecule has 3 nitrogen and oxygen atoms in total. The average Bonchev–Trinajstić information content (AvgIpc) is 2.97. The summed E-state index contributed by atoms with van der Waals surface area (Å²) in [5.74, 6) is 0.754. The molecule has 0 amide bonds. The summed E-state index contributed by atoms with van der Waals surface area (Å²) in [7, 11) is 2.03. The summed E-state index contributed by atoms with van der Waals surface area (Å²) in [6, 6.07) is 20.2. The SMILES string of the molecule is Cn1c(-c2cncc(OCc3ccccc3)c2)cc2ccc(Cl)cc21. The molecule has 2 aromatic heterocycles. The molecule has 4 rings (SSSR count). The van der Waals surface area contributed by atoms with Gasteiger partial charge in [0, 0.05) is 34.7 Å². The van der Waals surface area contributed by atoms with Crippen LogP contribution < -0.4 is 4.74 Å². The molecule has 2 aromatic carbocycles. The zero-order valence-corrected chi connectivity index (χ0v) is 14.6. The average molecular weight is 349 g/mol. The van der Waals surface area contributed by atoms with Crippen molar-refractivity contribution in [1.82, 2.24) is 9.55 Å². The number of ether oxygens (including phenoxy) is 1. The summed E-state index contributed by atoms with van der Waals surface area (Å²) in [5.41, 5.74) is 4.32. The Labute approximate surface area is 151 Å². The summed E-state index contributed by atoms with van der Waals surface area (Å²) >= 11 is 6.12. The normalized spacial score (nSPS) is 11.0. The van der Waals surface area contributed by atoms with E-state index < -0.39 is 0 Å². The van der Waals surface area contributed by atoms with Gasteiger partial charge in [-0.2, -0.15) is 0 Å². The van der Waals surface area contributed by atoms with Crippen LogP contribution in [0.15, 0.2) is 73.1 Å². The lowest BCUT2D eigenvalue weighted by atomic mass is 10.2. The largest absolute Gasteiger partial charge is 0.487 e. The number of hydrogen-bond acceptors (Lipinski definition) is 2. The Hall–Kier alpha value is -2.78. The quantitative estimate of drug-likeness (QED) is 0.488. The van der Waals surface area contributed by atoms with E-state index >= 15 is 0 Å². The molecule has 25 heavy (non-hydrogen) atoms. The summed E-state index contributed by atoms with van der Waals surface area (Å²) in [5, 5.41) is 1.89. The van der Waals surface area contributed by atoms with E-state index in [0.717, 1.165) is 38.5 Å². The van der Waals surface area contributed by atoms with Gasteiger partial charge in [-0.1, -0.05) is 48.0 Å². The van der Waals surface area contributed by atoms with Crippen molar-refractivity contribution in [2.45, 2.75) is 6.61 Å². The summed E-state index contributed by atoms with van der Waals surface area (Å²) in [6.45, 7) is 0.524. The Morgan fingerprint density at radius 3 is 2.68 bits per heavy atom. The van der Waals surface area contributed by atoms with Crippen molar-refractivity contribution in [3.05, 3.63) is 83.6 Å². The van der Waals surface area contributed by atoms with Gasteiger partial charge in [0.2, 0.25) is 0 Å². The molecule has 0 radical (unpaired) electrons. The van der Waals surface area contributed by atoms with E-state index in [1.54, 1.807) is 6.20 Å². The molecule has 0 fully saturated rings. The third-order valence-electron chi connectivity index (χ3n) is 4.26. The molecule has 0 atom stereocenters. The topological polar surface area (TPSA) is 27.1 Å². The zero-order valence-electron chi connectivity index (χ0n) is 13.8. The van der Waals surface area contributed by atoms with Gasteiger partial charge in [0.05, 0.1) is 11.9 Å². The minimum absolute atomic E-state index is 0.524. The number of fused-ring (bicyclic) bond motifs is 1. The van der Waals surface area contributed by atoms with Crippen molar-refractivity contribution >= 4 is 22.5 Å². The van der Waals surface area contributed by atoms with E-state index in [1.807, 2.05) is 67.8 Å². The van der Waals surface area contributed by atoms with Crippen LogP contribution in [-0.2, 0) is 13.7 Å². The molecule has 0 bridgehead atoms. The summed E-state index contributed by atoms with van der Waals surface area (Å²) < 4.78 is 8.02. The van der Waals surface area contributed by atoms with Crippen molar-refractivity contribution in [1.29, 1.82) is 0 Å². The van der Waals surface area contributed by atoms with Crippen LogP contribution >= 0.6 is 11.6 Å². The highest BCUT2D eigenvalue weighted by Crippen LogP contribution is 2.30. The van der Waals surface area contributed by atoms with Crippen LogP contribution in [0.3, 0.4) is 0 Å². The molecule has 0 saturated heterocycles. The molecule has 4 aromatic rings. The zero-order chi connectivity index (χ0) is 17.2. The number of rotatable bonds is 4. The highest BCUT2D eigenvalue weighted by Gasteiger charge is 2.10. The van der Waals surface area contributed by atoms with Crippen molar-refractivity contribution in [3.63, 3.8) is 0 Å². The van der Waals surface area contributed by atoms with Gasteiger partial charge < -0.3 is 9.30 Å². The van der Waals surface area contributed by atoms with Gasteiger partial charge in [-0.05, 0) is 29.8 Å². The fraction of sp³-hybridized carbons (Fsp3) is 0.0952. The van der Waals surface area contributed by atoms with Crippen LogP contribution in [0, 0.1) is 0 Å². The van der Waals surface area contributed by atoms with Gasteiger partial charge in [0.15, 0.2) is 0 Å². The first kappa shape index (κ1) is 15.7. The van der Waals surface area contributed by atoms with Crippen LogP contribution in [0.5, 0.6) is 5.75 Å². The number of hydrogen-bond donors (Lipinski definition) is 0. The summed E-state index contributed by atoms with van der Waals surface area (Å²) in [6.07, 6.45) is 3.59. The number of halogens is 1. The second-order valence-electron chi connectivity index (χ2n) is 5.98. The lowest BCUT2D eigenvalue weighted by Crippen LogP contribution is -1.97. The number of aromatic nitrogens is 2. The molecule has 0 aliphatic heterocycles. The fourth-order valence-corrected chi connectivity index (χ4v) is 3.13. The van der Waals surface area contributed by atoms with Crippen LogP contribution in [0.25, 0.3) is 22.2 Å². The minimum atomic E-state index is 0.524. The smallest absolute Gasteiger partial charge is 0.138 e. The first-order chi connectivity index (χ1) is 12.2. The van der Waals surface area contributed by atoms with E-state index in [4.69, 9.17) is 16.3 Å². The van der Waals surface area contributed by atoms with Crippen LogP contribution in [0.1, 0.15) is 5.56 Å². The monoisotopic (exact) mass is 348 g/mol. The molecular formula is C21H17ClN2O. The van der Waals surface area contributed by atoms with Crippen LogP contribution in [0.4, 0.5) is 0 Å². The maximum absolute atomic E-state index is 6.12. The van der Waals surface area contributed by atoms with Gasteiger partial charge in [-0.3, -0.25) is 4.98 Å². The second kappa shape index (κ2) is 6.61. The molecular weight excluding hydrogens is 332 g/mol. The highest BCUT2D eigenvalue weighted by atomic mass is 35.5. The third-order valence-corrected chi connectivity index (χ3v) is 4.50. The number of aryl methyl sites for hydroxylation is 1. The van der Waals surface area contributed by atoms with Gasteiger partial charge in [-0.15, -0.1) is 0 Å². The first-order valence-corrected chi connectivity index (χ1v) is 8.45. The van der Waals surface area contributed by atoms with Gasteiger partial charge >= 0.3 is 0 Å². The number of pyridine rings is 1. The van der Waals surface area contributed by atoms with E-state index in [-0.39, 0.29) is 0 Å². The predicted molar refractivity (Wildman–Crippen MR) is 102 cm³/mol. The molecule has 0 saturated carbocycles. The van der Waals surface area contributed by atoms with E-state index in [9.17, 15) is 0 Å². The standard InChI is InChI=1S/C21H17ClN2O/c1-24-20(10-16-7-8-18(22)11-21(16)24)17-9-19(13-23-12-17)25-14-15-5-3-2-4-6-15/h2-13H,14H2,1H3. The van der Waals surface area contributed by atoms with E-state index in [2.05, 4.69) is 15.6 Å². The Morgan fingerprint density at radius 2 is 1.84 bits per heavy atom. The van der Waals surface area contributed by atoms with Crippen molar-refractivity contribution in [2.75, 3.05) is 0 Å².